The van der Waals surface area contributed by atoms with Crippen molar-refractivity contribution in [2.24, 2.45) is 0 Å². The number of nitrogens with one attached hydrogen (secondary N) is 2. The lowest BCUT2D eigenvalue weighted by Gasteiger charge is -2.24. The number of benzene rings is 1. The van der Waals surface area contributed by atoms with E-state index >= 15 is 0 Å². The predicted octanol–water partition coefficient (Wildman–Crippen LogP) is 4.32. The molecule has 0 bridgehead atoms. The van der Waals surface area contributed by atoms with Gasteiger partial charge in [0.2, 0.25) is 11.9 Å². The number of amides is 1. The Balaban J connectivity index is 1.56. The molecule has 2 aromatic heterocycles. The molecule has 3 aromatic rings. The Bertz CT molecular complexity index is 1150. The maximum Gasteiger partial charge on any atom is 0.433 e. The Kier molecular flexibility index (Phi) is 6.17. The molecule has 3 heterocycles. The van der Waals surface area contributed by atoms with Gasteiger partial charge in [-0.3, -0.25) is 4.79 Å². The summed E-state index contributed by atoms with van der Waals surface area (Å²) in [5.74, 6) is 0.571. The lowest BCUT2D eigenvalue weighted by Crippen LogP contribution is -2.42. The number of anilines is 3. The molecule has 33 heavy (non-hydrogen) atoms. The van der Waals surface area contributed by atoms with Crippen LogP contribution in [0.3, 0.4) is 0 Å². The van der Waals surface area contributed by atoms with E-state index in [1.165, 1.54) is 0 Å². The van der Waals surface area contributed by atoms with E-state index in [0.717, 1.165) is 54.2 Å². The number of nitrogens with zero attached hydrogens (tertiary/aromatic N) is 4. The van der Waals surface area contributed by atoms with E-state index in [4.69, 9.17) is 0 Å². The van der Waals surface area contributed by atoms with E-state index in [2.05, 4.69) is 25.6 Å². The van der Waals surface area contributed by atoms with Crippen molar-refractivity contribution in [3.8, 4) is 11.1 Å². The van der Waals surface area contributed by atoms with Gasteiger partial charge in [0.1, 0.15) is 17.6 Å². The molecule has 0 radical (unpaired) electrons. The highest BCUT2D eigenvalue weighted by atomic mass is 19.4. The molecule has 1 fully saturated rings. The van der Waals surface area contributed by atoms with Crippen LogP contribution in [0.4, 0.5) is 30.6 Å². The molecule has 1 atom stereocenters. The summed E-state index contributed by atoms with van der Waals surface area (Å²) < 4.78 is 38.8. The average molecular weight is 456 g/mol. The quantitative estimate of drug-likeness (QED) is 0.595. The number of rotatable bonds is 5. The standard InChI is InChI=1S/C23H23F3N6O/c1-14-10-16(12-17(11-14)30-22-28-8-7-19(31-22)23(24,25)26)15-5-6-20(29-13-15)32-9-3-4-18(32)21(33)27-2/h5-8,10-13,18H,3-4,9H2,1-2H3,(H,27,33)(H,28,30,31)/t18-/m0/s1. The monoisotopic (exact) mass is 456 g/mol. The van der Waals surface area contributed by atoms with E-state index in [1.807, 2.05) is 30.0 Å². The molecule has 2 N–H and O–H groups in total. The Morgan fingerprint density at radius 1 is 1.12 bits per heavy atom. The first-order valence-corrected chi connectivity index (χ1v) is 10.5. The molecule has 1 saturated heterocycles. The number of halogens is 3. The van der Waals surface area contributed by atoms with Crippen LogP contribution < -0.4 is 15.5 Å². The molecule has 10 heteroatoms. The van der Waals surface area contributed by atoms with Crippen LogP contribution in [0.1, 0.15) is 24.1 Å². The van der Waals surface area contributed by atoms with Gasteiger partial charge in [0.25, 0.3) is 0 Å². The lowest BCUT2D eigenvalue weighted by molar-refractivity contribution is -0.141. The van der Waals surface area contributed by atoms with E-state index in [0.29, 0.717) is 5.69 Å². The van der Waals surface area contributed by atoms with Gasteiger partial charge in [0.15, 0.2) is 0 Å². The van der Waals surface area contributed by atoms with Crippen LogP contribution in [0.25, 0.3) is 11.1 Å². The molecule has 1 aliphatic rings. The molecule has 1 amide bonds. The van der Waals surface area contributed by atoms with Gasteiger partial charge in [-0.25, -0.2) is 15.0 Å². The second kappa shape index (κ2) is 9.05. The summed E-state index contributed by atoms with van der Waals surface area (Å²) in [5, 5.41) is 5.55. The number of hydrogen-bond donors (Lipinski definition) is 2. The van der Waals surface area contributed by atoms with Crippen LogP contribution in [0.2, 0.25) is 0 Å². The number of aromatic nitrogens is 3. The average Bonchev–Trinajstić information content (AvgIpc) is 3.28. The van der Waals surface area contributed by atoms with Gasteiger partial charge in [-0.15, -0.1) is 0 Å². The Hall–Kier alpha value is -3.69. The third-order valence-electron chi connectivity index (χ3n) is 5.46. The van der Waals surface area contributed by atoms with Gasteiger partial charge >= 0.3 is 6.18 Å². The molecule has 0 saturated carbocycles. The largest absolute Gasteiger partial charge is 0.433 e. The van der Waals surface area contributed by atoms with Crippen LogP contribution >= 0.6 is 0 Å². The molecule has 1 aromatic carbocycles. The fraction of sp³-hybridized carbons (Fsp3) is 0.304. The molecule has 172 valence electrons. The third kappa shape index (κ3) is 5.05. The molecule has 7 nitrogen and oxygen atoms in total. The lowest BCUT2D eigenvalue weighted by atomic mass is 10.0. The van der Waals surface area contributed by atoms with Crippen molar-refractivity contribution in [2.45, 2.75) is 32.0 Å². The highest BCUT2D eigenvalue weighted by molar-refractivity contribution is 5.85. The molecular weight excluding hydrogens is 433 g/mol. The fourth-order valence-electron chi connectivity index (χ4n) is 3.93. The molecule has 0 aliphatic carbocycles. The van der Waals surface area contributed by atoms with Crippen molar-refractivity contribution in [2.75, 3.05) is 23.8 Å². The smallest absolute Gasteiger partial charge is 0.357 e. The summed E-state index contributed by atoms with van der Waals surface area (Å²) >= 11 is 0. The summed E-state index contributed by atoms with van der Waals surface area (Å²) in [5.41, 5.74) is 2.14. The van der Waals surface area contributed by atoms with Crippen LogP contribution in [-0.4, -0.2) is 40.5 Å². The third-order valence-corrected chi connectivity index (χ3v) is 5.46. The zero-order chi connectivity index (χ0) is 23.6. The Morgan fingerprint density at radius 3 is 2.64 bits per heavy atom. The Labute approximate surface area is 189 Å². The van der Waals surface area contributed by atoms with Gasteiger partial charge in [0.05, 0.1) is 0 Å². The number of carbonyl (C=O) groups excluding carboxylic acids is 1. The number of alkyl halides is 3. The first kappa shape index (κ1) is 22.5. The van der Waals surface area contributed by atoms with Gasteiger partial charge in [-0.1, -0.05) is 6.07 Å². The minimum absolute atomic E-state index is 0.0235. The zero-order valence-corrected chi connectivity index (χ0v) is 18.1. The maximum absolute atomic E-state index is 12.9. The van der Waals surface area contributed by atoms with Crippen LogP contribution in [0.5, 0.6) is 0 Å². The summed E-state index contributed by atoms with van der Waals surface area (Å²) in [4.78, 5) is 26.1. The van der Waals surface area contributed by atoms with Gasteiger partial charge < -0.3 is 15.5 Å². The number of carbonyl (C=O) groups is 1. The van der Waals surface area contributed by atoms with E-state index in [9.17, 15) is 18.0 Å². The maximum atomic E-state index is 12.9. The van der Waals surface area contributed by atoms with Gasteiger partial charge in [0, 0.05) is 37.2 Å². The minimum Gasteiger partial charge on any atom is -0.357 e. The number of aryl methyl sites for hydroxylation is 1. The molecular formula is C23H23F3N6O. The number of likely N-dealkylation sites (N-methyl/N-ethyl adjacent to an activating group) is 1. The zero-order valence-electron chi connectivity index (χ0n) is 18.1. The second-order valence-electron chi connectivity index (χ2n) is 7.85. The van der Waals surface area contributed by atoms with Crippen LogP contribution in [0, 0.1) is 6.92 Å². The topological polar surface area (TPSA) is 83.0 Å². The van der Waals surface area contributed by atoms with E-state index in [-0.39, 0.29) is 17.9 Å². The first-order valence-electron chi connectivity index (χ1n) is 10.5. The van der Waals surface area contributed by atoms with Crippen molar-refractivity contribution >= 4 is 23.4 Å². The second-order valence-corrected chi connectivity index (χ2v) is 7.85. The predicted molar refractivity (Wildman–Crippen MR) is 119 cm³/mol. The fourth-order valence-corrected chi connectivity index (χ4v) is 3.93. The minimum atomic E-state index is -4.54. The van der Waals surface area contributed by atoms with Gasteiger partial charge in [-0.05, 0) is 61.2 Å². The van der Waals surface area contributed by atoms with Crippen LogP contribution in [0.15, 0.2) is 48.8 Å². The number of pyridine rings is 1. The summed E-state index contributed by atoms with van der Waals surface area (Å²) in [6.07, 6.45) is -0.0355. The Morgan fingerprint density at radius 2 is 1.94 bits per heavy atom. The van der Waals surface area contributed by atoms with E-state index < -0.39 is 11.9 Å². The number of hydrogen-bond acceptors (Lipinski definition) is 6. The van der Waals surface area contributed by atoms with Crippen LogP contribution in [-0.2, 0) is 11.0 Å². The van der Waals surface area contributed by atoms with Crippen molar-refractivity contribution < 1.29 is 18.0 Å². The van der Waals surface area contributed by atoms with E-state index in [1.54, 1.807) is 25.4 Å². The molecule has 4 rings (SSSR count). The summed E-state index contributed by atoms with van der Waals surface area (Å²) in [6.45, 7) is 2.65. The highest BCUT2D eigenvalue weighted by Gasteiger charge is 2.33. The van der Waals surface area contributed by atoms with Crippen molar-refractivity contribution in [1.82, 2.24) is 20.3 Å². The molecule has 0 spiro atoms. The van der Waals surface area contributed by atoms with Crippen molar-refractivity contribution in [3.05, 3.63) is 60.0 Å². The van der Waals surface area contributed by atoms with Crippen molar-refractivity contribution in [3.63, 3.8) is 0 Å². The van der Waals surface area contributed by atoms with Crippen molar-refractivity contribution in [1.29, 1.82) is 0 Å². The SMILES string of the molecule is CNC(=O)[C@@H]1CCCN1c1ccc(-c2cc(C)cc(Nc3nccc(C(F)(F)F)n3)c2)cn1. The normalized spacial score (nSPS) is 16.0. The first-order chi connectivity index (χ1) is 15.7. The molecule has 1 aliphatic heterocycles. The summed E-state index contributed by atoms with van der Waals surface area (Å²) in [6, 6.07) is 9.95. The molecule has 0 unspecified atom stereocenters. The van der Waals surface area contributed by atoms with Gasteiger partial charge in [-0.2, -0.15) is 13.2 Å². The highest BCUT2D eigenvalue weighted by Crippen LogP contribution is 2.30. The summed E-state index contributed by atoms with van der Waals surface area (Å²) in [7, 11) is 1.63.